The molecule has 1 aromatic heterocycles. The molecule has 1 aliphatic rings. The Morgan fingerprint density at radius 1 is 1.43 bits per heavy atom. The van der Waals surface area contributed by atoms with E-state index in [0.29, 0.717) is 31.6 Å². The number of H-pyrrole nitrogens is 1. The molecule has 1 aliphatic heterocycles. The van der Waals surface area contributed by atoms with Crippen LogP contribution >= 0.6 is 0 Å². The highest BCUT2D eigenvalue weighted by atomic mass is 19.1. The van der Waals surface area contributed by atoms with Crippen LogP contribution in [0, 0.1) is 5.82 Å². The molecule has 0 amide bonds. The van der Waals surface area contributed by atoms with Crippen molar-refractivity contribution in [1.29, 1.82) is 0 Å². The summed E-state index contributed by atoms with van der Waals surface area (Å²) >= 11 is 0. The number of benzene rings is 1. The number of nitrogens with zero attached hydrogens (tertiary/aromatic N) is 3. The van der Waals surface area contributed by atoms with Gasteiger partial charge in [-0.1, -0.05) is 12.1 Å². The van der Waals surface area contributed by atoms with E-state index in [1.54, 1.807) is 25.4 Å². The summed E-state index contributed by atoms with van der Waals surface area (Å²) in [6, 6.07) is 6.47. The number of β-amino-alcohol motifs (C(OH)–C–C–N with tert-alkyl or cyclic N) is 1. The molecule has 124 valence electrons. The van der Waals surface area contributed by atoms with Crippen LogP contribution in [0.15, 0.2) is 30.5 Å². The van der Waals surface area contributed by atoms with Crippen molar-refractivity contribution in [2.75, 3.05) is 26.7 Å². The van der Waals surface area contributed by atoms with Crippen molar-refractivity contribution in [3.05, 3.63) is 47.5 Å². The maximum absolute atomic E-state index is 13.0. The zero-order valence-corrected chi connectivity index (χ0v) is 13.1. The molecule has 1 fully saturated rings. The number of likely N-dealkylation sites (tertiary alicyclic amines) is 1. The molecule has 2 aromatic rings. The summed E-state index contributed by atoms with van der Waals surface area (Å²) in [4.78, 5) is 2.16. The smallest absolute Gasteiger partial charge is 0.124 e. The summed E-state index contributed by atoms with van der Waals surface area (Å²) in [5, 5.41) is 21.0. The fraction of sp³-hybridized carbons (Fsp3) is 0.500. The Morgan fingerprint density at radius 3 is 2.87 bits per heavy atom. The predicted octanol–water partition coefficient (Wildman–Crippen LogP) is 1.09. The van der Waals surface area contributed by atoms with Gasteiger partial charge in [0.25, 0.3) is 0 Å². The van der Waals surface area contributed by atoms with Gasteiger partial charge in [0.05, 0.1) is 12.3 Å². The number of halogens is 1. The van der Waals surface area contributed by atoms with Gasteiger partial charge in [-0.05, 0) is 30.5 Å². The van der Waals surface area contributed by atoms with Gasteiger partial charge in [-0.3, -0.25) is 4.90 Å². The lowest BCUT2D eigenvalue weighted by molar-refractivity contribution is 0.0277. The number of rotatable bonds is 6. The van der Waals surface area contributed by atoms with Crippen LogP contribution < -0.4 is 0 Å². The zero-order chi connectivity index (χ0) is 16.3. The topological polar surface area (TPSA) is 74.3 Å². The van der Waals surface area contributed by atoms with E-state index in [1.807, 2.05) is 0 Å². The van der Waals surface area contributed by atoms with Crippen molar-refractivity contribution in [1.82, 2.24) is 20.3 Å². The number of nitrogens with one attached hydrogen (secondary N) is 1. The molecule has 7 heteroatoms. The van der Waals surface area contributed by atoms with E-state index in [9.17, 15) is 9.50 Å². The highest BCUT2D eigenvalue weighted by molar-refractivity contribution is 5.17. The highest BCUT2D eigenvalue weighted by Gasteiger charge is 2.40. The summed E-state index contributed by atoms with van der Waals surface area (Å²) in [5.74, 6) is -0.236. The minimum atomic E-state index is -0.957. The quantitative estimate of drug-likeness (QED) is 0.833. The minimum Gasteiger partial charge on any atom is -0.382 e. The van der Waals surface area contributed by atoms with Gasteiger partial charge in [-0.15, -0.1) is 0 Å². The Balaban J connectivity index is 1.58. The molecule has 2 atom stereocenters. The predicted molar refractivity (Wildman–Crippen MR) is 82.2 cm³/mol. The van der Waals surface area contributed by atoms with Crippen molar-refractivity contribution in [3.8, 4) is 0 Å². The summed E-state index contributed by atoms with van der Waals surface area (Å²) < 4.78 is 18.5. The standard InChI is InChI=1S/C16H21FN4O2/c1-23-14(8-12-2-4-13(17)5-3-12)10-21-7-6-16(22,11-21)15-9-18-20-19-15/h2-5,9,14,22H,6-8,10-11H2,1H3,(H,18,19,20). The summed E-state index contributed by atoms with van der Waals surface area (Å²) in [7, 11) is 1.67. The molecular formula is C16H21FN4O2. The number of aromatic nitrogens is 3. The minimum absolute atomic E-state index is 0.0138. The second kappa shape index (κ2) is 6.74. The van der Waals surface area contributed by atoms with Crippen LogP contribution in [0.4, 0.5) is 4.39 Å². The monoisotopic (exact) mass is 320 g/mol. The average Bonchev–Trinajstić information content (AvgIpc) is 3.20. The van der Waals surface area contributed by atoms with Crippen LogP contribution in [0.1, 0.15) is 17.7 Å². The van der Waals surface area contributed by atoms with Crippen molar-refractivity contribution in [2.24, 2.45) is 0 Å². The number of ether oxygens (including phenoxy) is 1. The van der Waals surface area contributed by atoms with Crippen LogP contribution in [0.5, 0.6) is 0 Å². The number of aliphatic hydroxyl groups is 1. The van der Waals surface area contributed by atoms with Gasteiger partial charge in [0, 0.05) is 26.7 Å². The first-order chi connectivity index (χ1) is 11.1. The summed E-state index contributed by atoms with van der Waals surface area (Å²) in [6.07, 6.45) is 2.87. The fourth-order valence-corrected chi connectivity index (χ4v) is 3.06. The third kappa shape index (κ3) is 3.74. The first-order valence-electron chi connectivity index (χ1n) is 7.67. The maximum atomic E-state index is 13.0. The molecule has 2 N–H and O–H groups in total. The van der Waals surface area contributed by atoms with E-state index in [1.165, 1.54) is 12.1 Å². The zero-order valence-electron chi connectivity index (χ0n) is 13.1. The van der Waals surface area contributed by atoms with Gasteiger partial charge < -0.3 is 9.84 Å². The van der Waals surface area contributed by atoms with E-state index in [-0.39, 0.29) is 11.9 Å². The number of methoxy groups -OCH3 is 1. The lowest BCUT2D eigenvalue weighted by Crippen LogP contribution is -2.36. The Kier molecular flexibility index (Phi) is 4.70. The molecule has 0 spiro atoms. The lowest BCUT2D eigenvalue weighted by atomic mass is 10.00. The molecule has 1 saturated heterocycles. The molecule has 1 aromatic carbocycles. The van der Waals surface area contributed by atoms with Gasteiger partial charge in [0.15, 0.2) is 0 Å². The second-order valence-corrected chi connectivity index (χ2v) is 6.06. The van der Waals surface area contributed by atoms with Crippen molar-refractivity contribution >= 4 is 0 Å². The van der Waals surface area contributed by atoms with Gasteiger partial charge in [0.1, 0.15) is 17.1 Å². The third-order valence-electron chi connectivity index (χ3n) is 4.39. The molecular weight excluding hydrogens is 299 g/mol. The Labute approximate surface area is 134 Å². The van der Waals surface area contributed by atoms with Gasteiger partial charge in [-0.2, -0.15) is 15.4 Å². The molecule has 0 aliphatic carbocycles. The van der Waals surface area contributed by atoms with Crippen LogP contribution in [0.2, 0.25) is 0 Å². The number of hydrogen-bond donors (Lipinski definition) is 2. The molecule has 23 heavy (non-hydrogen) atoms. The van der Waals surface area contributed by atoms with E-state index in [0.717, 1.165) is 12.1 Å². The normalized spacial score (nSPS) is 23.3. The highest BCUT2D eigenvalue weighted by Crippen LogP contribution is 2.30. The van der Waals surface area contributed by atoms with Crippen molar-refractivity contribution in [2.45, 2.75) is 24.5 Å². The Hall–Kier alpha value is -1.83. The molecule has 0 saturated carbocycles. The fourth-order valence-electron chi connectivity index (χ4n) is 3.06. The van der Waals surface area contributed by atoms with Gasteiger partial charge in [-0.25, -0.2) is 4.39 Å². The van der Waals surface area contributed by atoms with Gasteiger partial charge >= 0.3 is 0 Å². The maximum Gasteiger partial charge on any atom is 0.124 e. The molecule has 2 unspecified atom stereocenters. The average molecular weight is 320 g/mol. The van der Waals surface area contributed by atoms with E-state index >= 15 is 0 Å². The SMILES string of the molecule is COC(Cc1ccc(F)cc1)CN1CCC(O)(c2cn[nH]n2)C1. The summed E-state index contributed by atoms with van der Waals surface area (Å²) in [5.41, 5.74) is 0.651. The molecule has 0 radical (unpaired) electrons. The van der Waals surface area contributed by atoms with Crippen molar-refractivity contribution in [3.63, 3.8) is 0 Å². The molecule has 3 rings (SSSR count). The Morgan fingerprint density at radius 2 is 2.22 bits per heavy atom. The van der Waals surface area contributed by atoms with Gasteiger partial charge in [0.2, 0.25) is 0 Å². The van der Waals surface area contributed by atoms with Crippen LogP contribution in [0.25, 0.3) is 0 Å². The van der Waals surface area contributed by atoms with Crippen molar-refractivity contribution < 1.29 is 14.2 Å². The Bertz CT molecular complexity index is 620. The van der Waals surface area contributed by atoms with E-state index in [2.05, 4.69) is 20.3 Å². The molecule has 0 bridgehead atoms. The van der Waals surface area contributed by atoms with Crippen LogP contribution in [-0.2, 0) is 16.8 Å². The second-order valence-electron chi connectivity index (χ2n) is 6.06. The first kappa shape index (κ1) is 16.0. The van der Waals surface area contributed by atoms with E-state index in [4.69, 9.17) is 4.74 Å². The third-order valence-corrected chi connectivity index (χ3v) is 4.39. The molecule has 2 heterocycles. The lowest BCUT2D eigenvalue weighted by Gasteiger charge is -2.24. The molecule has 6 nitrogen and oxygen atoms in total. The largest absolute Gasteiger partial charge is 0.382 e. The summed E-state index contributed by atoms with van der Waals surface area (Å²) in [6.45, 7) is 1.98. The van der Waals surface area contributed by atoms with Crippen LogP contribution in [0.3, 0.4) is 0 Å². The number of aromatic amines is 1. The number of hydrogen-bond acceptors (Lipinski definition) is 5. The van der Waals surface area contributed by atoms with Crippen LogP contribution in [-0.4, -0.2) is 58.3 Å². The van der Waals surface area contributed by atoms with E-state index < -0.39 is 5.60 Å². The first-order valence-corrected chi connectivity index (χ1v) is 7.67.